The molecule has 5 heteroatoms. The lowest BCUT2D eigenvalue weighted by Crippen LogP contribution is -2.57. The van der Waals surface area contributed by atoms with Gasteiger partial charge in [-0.25, -0.2) is 0 Å². The molecular weight excluding hydrogens is 288 g/mol. The molecule has 0 aromatic carbocycles. The highest BCUT2D eigenvalue weighted by atomic mass is 16.2. The maximum absolute atomic E-state index is 12.6. The van der Waals surface area contributed by atoms with E-state index in [1.54, 1.807) is 12.4 Å². The molecule has 3 rings (SSSR count). The lowest BCUT2D eigenvalue weighted by Gasteiger charge is -2.57. The van der Waals surface area contributed by atoms with Crippen LogP contribution in [0.2, 0.25) is 0 Å². The third kappa shape index (κ3) is 3.07. The number of likely N-dealkylation sites (tertiary alicyclic amines) is 1. The number of hydrogen-bond acceptors (Lipinski definition) is 4. The summed E-state index contributed by atoms with van der Waals surface area (Å²) >= 11 is 0. The van der Waals surface area contributed by atoms with E-state index in [4.69, 9.17) is 0 Å². The first-order chi connectivity index (χ1) is 10.8. The Morgan fingerprint density at radius 3 is 2.87 bits per heavy atom. The number of aromatic nitrogens is 1. The van der Waals surface area contributed by atoms with Crippen LogP contribution in [0.3, 0.4) is 0 Å². The highest BCUT2D eigenvalue weighted by Crippen LogP contribution is 2.62. The molecule has 1 aliphatic carbocycles. The molecule has 1 amide bonds. The number of rotatable bonds is 5. The van der Waals surface area contributed by atoms with Gasteiger partial charge in [0.25, 0.3) is 0 Å². The molecule has 0 radical (unpaired) electrons. The van der Waals surface area contributed by atoms with Crippen molar-refractivity contribution >= 4 is 11.6 Å². The summed E-state index contributed by atoms with van der Waals surface area (Å²) in [4.78, 5) is 21.0. The lowest BCUT2D eigenvalue weighted by molar-refractivity contribution is -0.128. The summed E-state index contributed by atoms with van der Waals surface area (Å²) in [6, 6.07) is 3.81. The summed E-state index contributed by atoms with van der Waals surface area (Å²) in [5.74, 6) is 0.803. The van der Waals surface area contributed by atoms with E-state index in [2.05, 4.69) is 48.0 Å². The van der Waals surface area contributed by atoms with E-state index in [9.17, 15) is 4.79 Å². The summed E-state index contributed by atoms with van der Waals surface area (Å²) in [7, 11) is 4.26. The van der Waals surface area contributed by atoms with Crippen molar-refractivity contribution in [3.05, 3.63) is 24.5 Å². The van der Waals surface area contributed by atoms with Crippen LogP contribution < -0.4 is 5.32 Å². The van der Waals surface area contributed by atoms with Gasteiger partial charge < -0.3 is 15.1 Å². The fourth-order valence-electron chi connectivity index (χ4n) is 4.92. The smallest absolute Gasteiger partial charge is 0.241 e. The molecule has 0 spiro atoms. The van der Waals surface area contributed by atoms with Crippen LogP contribution in [0.4, 0.5) is 5.69 Å². The quantitative estimate of drug-likeness (QED) is 0.902. The number of carbonyl (C=O) groups is 1. The molecule has 1 saturated carbocycles. The number of carbonyl (C=O) groups excluding carboxylic acids is 1. The van der Waals surface area contributed by atoms with Gasteiger partial charge in [-0.15, -0.1) is 0 Å². The monoisotopic (exact) mass is 316 g/mol. The number of amides is 1. The van der Waals surface area contributed by atoms with Crippen molar-refractivity contribution in [2.45, 2.75) is 20.3 Å². The number of fused-ring (bicyclic) bond motifs is 1. The maximum atomic E-state index is 12.6. The van der Waals surface area contributed by atoms with Gasteiger partial charge in [0.1, 0.15) is 0 Å². The van der Waals surface area contributed by atoms with Crippen LogP contribution in [0.5, 0.6) is 0 Å². The van der Waals surface area contributed by atoms with Crippen molar-refractivity contribution in [1.82, 2.24) is 14.8 Å². The molecule has 1 saturated heterocycles. The first-order valence-corrected chi connectivity index (χ1v) is 8.39. The van der Waals surface area contributed by atoms with Gasteiger partial charge in [-0.1, -0.05) is 13.8 Å². The zero-order chi connectivity index (χ0) is 16.7. The molecule has 1 aromatic rings. The average molecular weight is 316 g/mol. The van der Waals surface area contributed by atoms with Crippen LogP contribution in [-0.2, 0) is 4.79 Å². The van der Waals surface area contributed by atoms with Crippen LogP contribution in [0.15, 0.2) is 24.5 Å². The van der Waals surface area contributed by atoms with Gasteiger partial charge in [-0.05, 0) is 44.0 Å². The van der Waals surface area contributed by atoms with Gasteiger partial charge >= 0.3 is 0 Å². The van der Waals surface area contributed by atoms with Crippen molar-refractivity contribution in [2.75, 3.05) is 45.6 Å². The molecular formula is C18H28N4O. The van der Waals surface area contributed by atoms with E-state index in [-0.39, 0.29) is 11.3 Å². The van der Waals surface area contributed by atoms with E-state index in [0.717, 1.165) is 25.3 Å². The summed E-state index contributed by atoms with van der Waals surface area (Å²) in [5.41, 5.74) is 1.53. The number of nitrogens with one attached hydrogen (secondary N) is 1. The minimum absolute atomic E-state index is 0.192. The Morgan fingerprint density at radius 2 is 2.26 bits per heavy atom. The Balaban J connectivity index is 1.62. The molecule has 0 bridgehead atoms. The second-order valence-electron chi connectivity index (χ2n) is 8.19. The normalized spacial score (nSPS) is 28.4. The molecule has 5 nitrogen and oxygen atoms in total. The van der Waals surface area contributed by atoms with Crippen LogP contribution in [0.25, 0.3) is 0 Å². The molecule has 1 N–H and O–H groups in total. The first-order valence-electron chi connectivity index (χ1n) is 8.39. The Morgan fingerprint density at radius 1 is 1.48 bits per heavy atom. The fourth-order valence-corrected chi connectivity index (χ4v) is 4.92. The molecule has 23 heavy (non-hydrogen) atoms. The maximum Gasteiger partial charge on any atom is 0.241 e. The second-order valence-corrected chi connectivity index (χ2v) is 8.19. The Labute approximate surface area is 139 Å². The van der Waals surface area contributed by atoms with E-state index >= 15 is 0 Å². The van der Waals surface area contributed by atoms with Crippen molar-refractivity contribution in [3.8, 4) is 0 Å². The van der Waals surface area contributed by atoms with Crippen LogP contribution in [-0.4, -0.2) is 61.0 Å². The van der Waals surface area contributed by atoms with Gasteiger partial charge in [-0.2, -0.15) is 0 Å². The summed E-state index contributed by atoms with van der Waals surface area (Å²) < 4.78 is 0. The molecule has 0 unspecified atom stereocenters. The van der Waals surface area contributed by atoms with Crippen molar-refractivity contribution in [1.29, 1.82) is 0 Å². The number of anilines is 1. The fraction of sp³-hybridized carbons (Fsp3) is 0.667. The van der Waals surface area contributed by atoms with Crippen molar-refractivity contribution in [3.63, 3.8) is 0 Å². The number of pyridine rings is 1. The van der Waals surface area contributed by atoms with E-state index < -0.39 is 0 Å². The number of hydrogen-bond donors (Lipinski definition) is 1. The third-order valence-electron chi connectivity index (χ3n) is 5.49. The van der Waals surface area contributed by atoms with Gasteiger partial charge in [0, 0.05) is 37.4 Å². The van der Waals surface area contributed by atoms with Gasteiger partial charge in [0.05, 0.1) is 12.2 Å². The van der Waals surface area contributed by atoms with Gasteiger partial charge in [0.15, 0.2) is 0 Å². The zero-order valence-electron chi connectivity index (χ0n) is 14.7. The minimum Gasteiger partial charge on any atom is -0.375 e. The first kappa shape index (κ1) is 16.2. The SMILES string of the molecule is CN(C)C[C@@]12CN(C(=O)CNc3cccnc3)C[C@@H]1C(C)(C)C2. The molecule has 2 fully saturated rings. The summed E-state index contributed by atoms with van der Waals surface area (Å²) in [6.45, 7) is 7.89. The van der Waals surface area contributed by atoms with Crippen LogP contribution in [0, 0.1) is 16.7 Å². The second kappa shape index (κ2) is 5.78. The molecule has 1 aliphatic heterocycles. The Kier molecular flexibility index (Phi) is 4.08. The van der Waals surface area contributed by atoms with Gasteiger partial charge in [0.2, 0.25) is 5.91 Å². The van der Waals surface area contributed by atoms with E-state index in [0.29, 0.717) is 17.9 Å². The topological polar surface area (TPSA) is 48.5 Å². The Hall–Kier alpha value is -1.62. The highest BCUT2D eigenvalue weighted by molar-refractivity contribution is 5.81. The van der Waals surface area contributed by atoms with E-state index in [1.165, 1.54) is 6.42 Å². The summed E-state index contributed by atoms with van der Waals surface area (Å²) in [6.07, 6.45) is 4.69. The molecule has 2 atom stereocenters. The zero-order valence-corrected chi connectivity index (χ0v) is 14.7. The van der Waals surface area contributed by atoms with Crippen molar-refractivity contribution < 1.29 is 4.79 Å². The van der Waals surface area contributed by atoms with Crippen molar-refractivity contribution in [2.24, 2.45) is 16.7 Å². The predicted octanol–water partition coefficient (Wildman–Crippen LogP) is 1.93. The Bertz CT molecular complexity index is 568. The summed E-state index contributed by atoms with van der Waals surface area (Å²) in [5, 5.41) is 3.18. The lowest BCUT2D eigenvalue weighted by atomic mass is 9.48. The largest absolute Gasteiger partial charge is 0.375 e. The number of nitrogens with zero attached hydrogens (tertiary/aromatic N) is 3. The molecule has 1 aromatic heterocycles. The van der Waals surface area contributed by atoms with Gasteiger partial charge in [-0.3, -0.25) is 9.78 Å². The highest BCUT2D eigenvalue weighted by Gasteiger charge is 2.63. The molecule has 2 aliphatic rings. The van der Waals surface area contributed by atoms with Crippen LogP contribution in [0.1, 0.15) is 20.3 Å². The standard InChI is InChI=1S/C18H28N4O/c1-17(2)11-18(12-21(3)4)13-22(10-15(17)18)16(23)9-20-14-6-5-7-19-8-14/h5-8,15,20H,9-13H2,1-4H3/t15-,18+/m1/s1. The van der Waals surface area contributed by atoms with Crippen LogP contribution >= 0.6 is 0 Å². The minimum atomic E-state index is 0.192. The third-order valence-corrected chi connectivity index (χ3v) is 5.49. The van der Waals surface area contributed by atoms with E-state index in [1.807, 2.05) is 12.1 Å². The molecule has 2 heterocycles. The predicted molar refractivity (Wildman–Crippen MR) is 92.2 cm³/mol. The molecule has 126 valence electrons. The average Bonchev–Trinajstić information content (AvgIpc) is 2.79.